The predicted molar refractivity (Wildman–Crippen MR) is 61.3 cm³/mol. The molecule has 0 saturated carbocycles. The number of rotatable bonds is 4. The van der Waals surface area contributed by atoms with E-state index in [2.05, 4.69) is 22.8 Å². The minimum Gasteiger partial charge on any atom is -0.410 e. The number of aryl methyl sites for hydroxylation is 1. The van der Waals surface area contributed by atoms with Crippen LogP contribution in [0.1, 0.15) is 11.1 Å². The summed E-state index contributed by atoms with van der Waals surface area (Å²) in [5, 5.41) is 10.8. The molecule has 0 N–H and O–H groups in total. The van der Waals surface area contributed by atoms with Crippen molar-refractivity contribution in [3.05, 3.63) is 46.0 Å². The summed E-state index contributed by atoms with van der Waals surface area (Å²) in [4.78, 5) is 10.3. The molecule has 5 heteroatoms. The standard InChI is InChI=1S/C10H10BrNO3/c1-3-4-8-5-7(2)6-9(12(13)14)10(8)15-11/h3,5-6H,1,4H2,2H3. The average molecular weight is 272 g/mol. The fourth-order valence-electron chi connectivity index (χ4n) is 1.36. The molecule has 0 amide bonds. The van der Waals surface area contributed by atoms with Crippen molar-refractivity contribution in [2.45, 2.75) is 13.3 Å². The third-order valence-corrected chi connectivity index (χ3v) is 2.25. The number of benzene rings is 1. The Morgan fingerprint density at radius 1 is 1.67 bits per heavy atom. The number of hydrogen-bond acceptors (Lipinski definition) is 3. The number of halogens is 1. The normalized spacial score (nSPS) is 9.73. The molecule has 0 unspecified atom stereocenters. The van der Waals surface area contributed by atoms with E-state index in [1.807, 2.05) is 6.07 Å². The lowest BCUT2D eigenvalue weighted by Crippen LogP contribution is -1.96. The number of hydrogen-bond donors (Lipinski definition) is 0. The molecule has 80 valence electrons. The average Bonchev–Trinajstić information content (AvgIpc) is 2.17. The second-order valence-corrected chi connectivity index (χ2v) is 3.42. The first kappa shape index (κ1) is 11.7. The molecule has 4 nitrogen and oxygen atoms in total. The van der Waals surface area contributed by atoms with Crippen molar-refractivity contribution in [2.24, 2.45) is 0 Å². The van der Waals surface area contributed by atoms with Crippen LogP contribution in [0.25, 0.3) is 0 Å². The molecule has 0 atom stereocenters. The maximum Gasteiger partial charge on any atom is 0.312 e. The summed E-state index contributed by atoms with van der Waals surface area (Å²) >= 11 is 2.78. The van der Waals surface area contributed by atoms with Gasteiger partial charge in [0.25, 0.3) is 0 Å². The summed E-state index contributed by atoms with van der Waals surface area (Å²) in [7, 11) is 0. The molecular weight excluding hydrogens is 262 g/mol. The molecule has 0 aliphatic rings. The van der Waals surface area contributed by atoms with E-state index in [4.69, 9.17) is 3.83 Å². The van der Waals surface area contributed by atoms with Crippen LogP contribution < -0.4 is 3.83 Å². The molecular formula is C10H10BrNO3. The van der Waals surface area contributed by atoms with Gasteiger partial charge >= 0.3 is 5.69 Å². The van der Waals surface area contributed by atoms with Crippen LogP contribution >= 0.6 is 16.3 Å². The fraction of sp³-hybridized carbons (Fsp3) is 0.200. The van der Waals surface area contributed by atoms with E-state index in [0.717, 1.165) is 11.1 Å². The van der Waals surface area contributed by atoms with E-state index in [0.29, 0.717) is 6.42 Å². The van der Waals surface area contributed by atoms with Gasteiger partial charge in [-0.15, -0.1) is 6.58 Å². The van der Waals surface area contributed by atoms with Crippen LogP contribution in [0.3, 0.4) is 0 Å². The van der Waals surface area contributed by atoms with Gasteiger partial charge in [-0.2, -0.15) is 0 Å². The predicted octanol–water partition coefficient (Wildman–Crippen LogP) is 3.32. The zero-order valence-corrected chi connectivity index (χ0v) is 9.78. The Morgan fingerprint density at radius 2 is 2.33 bits per heavy atom. The number of nitro groups is 1. The maximum atomic E-state index is 10.8. The van der Waals surface area contributed by atoms with Crippen molar-refractivity contribution in [1.82, 2.24) is 0 Å². The van der Waals surface area contributed by atoms with E-state index in [1.165, 1.54) is 6.07 Å². The smallest absolute Gasteiger partial charge is 0.312 e. The lowest BCUT2D eigenvalue weighted by Gasteiger charge is -2.06. The van der Waals surface area contributed by atoms with Crippen molar-refractivity contribution in [3.63, 3.8) is 0 Å². The zero-order valence-electron chi connectivity index (χ0n) is 8.20. The largest absolute Gasteiger partial charge is 0.410 e. The van der Waals surface area contributed by atoms with Gasteiger partial charge in [-0.3, -0.25) is 10.1 Å². The monoisotopic (exact) mass is 271 g/mol. The summed E-state index contributed by atoms with van der Waals surface area (Å²) in [6, 6.07) is 3.31. The Hall–Kier alpha value is -1.36. The molecule has 0 saturated heterocycles. The summed E-state index contributed by atoms with van der Waals surface area (Å²) in [6.45, 7) is 5.40. The molecule has 0 bridgehead atoms. The van der Waals surface area contributed by atoms with E-state index >= 15 is 0 Å². The lowest BCUT2D eigenvalue weighted by atomic mass is 10.1. The highest BCUT2D eigenvalue weighted by Gasteiger charge is 2.19. The van der Waals surface area contributed by atoms with Gasteiger partial charge in [0, 0.05) is 11.6 Å². The van der Waals surface area contributed by atoms with Gasteiger partial charge in [0.15, 0.2) is 16.3 Å². The van der Waals surface area contributed by atoms with Gasteiger partial charge in [0.05, 0.1) is 4.92 Å². The van der Waals surface area contributed by atoms with Gasteiger partial charge in [-0.05, 0) is 18.9 Å². The van der Waals surface area contributed by atoms with E-state index in [-0.39, 0.29) is 11.4 Å². The van der Waals surface area contributed by atoms with Crippen molar-refractivity contribution < 1.29 is 8.75 Å². The summed E-state index contributed by atoms with van der Waals surface area (Å²) in [5.41, 5.74) is 1.53. The molecule has 0 aliphatic carbocycles. The second-order valence-electron chi connectivity index (χ2n) is 3.10. The SMILES string of the molecule is C=CCc1cc(C)cc([N+](=O)[O-])c1OBr. The maximum absolute atomic E-state index is 10.8. The Bertz CT molecular complexity index is 404. The molecule has 0 heterocycles. The summed E-state index contributed by atoms with van der Waals surface area (Å²) in [6.07, 6.45) is 2.21. The minimum atomic E-state index is -0.462. The Morgan fingerprint density at radius 3 is 2.80 bits per heavy atom. The first-order valence-corrected chi connectivity index (χ1v) is 4.92. The molecule has 0 radical (unpaired) electrons. The highest BCUT2D eigenvalue weighted by atomic mass is 79.9. The van der Waals surface area contributed by atoms with Gasteiger partial charge in [0.2, 0.25) is 5.75 Å². The van der Waals surface area contributed by atoms with Gasteiger partial charge < -0.3 is 3.83 Å². The number of nitro benzene ring substituents is 1. The van der Waals surface area contributed by atoms with Crippen LogP contribution in [0.15, 0.2) is 24.8 Å². The van der Waals surface area contributed by atoms with E-state index < -0.39 is 4.92 Å². The molecule has 1 aromatic rings. The summed E-state index contributed by atoms with van der Waals surface area (Å²) in [5.74, 6) is 0.241. The first-order chi connectivity index (χ1) is 7.10. The molecule has 1 aromatic carbocycles. The van der Waals surface area contributed by atoms with Gasteiger partial charge in [-0.1, -0.05) is 12.1 Å². The quantitative estimate of drug-likeness (QED) is 0.480. The fourth-order valence-corrected chi connectivity index (χ4v) is 1.73. The van der Waals surface area contributed by atoms with Crippen LogP contribution in [0, 0.1) is 17.0 Å². The highest BCUT2D eigenvalue weighted by Crippen LogP contribution is 2.34. The molecule has 0 aromatic heterocycles. The first-order valence-electron chi connectivity index (χ1n) is 4.27. The Balaban J connectivity index is 3.37. The molecule has 0 spiro atoms. The van der Waals surface area contributed by atoms with Crippen LogP contribution in [0.2, 0.25) is 0 Å². The van der Waals surface area contributed by atoms with Crippen LogP contribution in [-0.2, 0) is 6.42 Å². The second kappa shape index (κ2) is 4.93. The third-order valence-electron chi connectivity index (χ3n) is 1.93. The van der Waals surface area contributed by atoms with Crippen LogP contribution in [0.5, 0.6) is 5.75 Å². The Kier molecular flexibility index (Phi) is 3.85. The molecule has 1 rings (SSSR count). The zero-order chi connectivity index (χ0) is 11.4. The van der Waals surface area contributed by atoms with Crippen molar-refractivity contribution in [1.29, 1.82) is 0 Å². The van der Waals surface area contributed by atoms with E-state index in [1.54, 1.807) is 13.0 Å². The highest BCUT2D eigenvalue weighted by molar-refractivity contribution is 9.06. The van der Waals surface area contributed by atoms with Crippen LogP contribution in [-0.4, -0.2) is 4.92 Å². The van der Waals surface area contributed by atoms with Crippen molar-refractivity contribution >= 4 is 21.9 Å². The van der Waals surface area contributed by atoms with Gasteiger partial charge in [-0.25, -0.2) is 0 Å². The molecule has 15 heavy (non-hydrogen) atoms. The van der Waals surface area contributed by atoms with Crippen LogP contribution in [0.4, 0.5) is 5.69 Å². The third kappa shape index (κ3) is 2.56. The topological polar surface area (TPSA) is 52.4 Å². The molecule has 0 fully saturated rings. The molecule has 0 aliphatic heterocycles. The van der Waals surface area contributed by atoms with Gasteiger partial charge in [0.1, 0.15) is 0 Å². The van der Waals surface area contributed by atoms with E-state index in [9.17, 15) is 10.1 Å². The minimum absolute atomic E-state index is 0.0382. The summed E-state index contributed by atoms with van der Waals surface area (Å²) < 4.78 is 4.87. The number of allylic oxidation sites excluding steroid dienone is 1. The Labute approximate surface area is 96.2 Å². The lowest BCUT2D eigenvalue weighted by molar-refractivity contribution is -0.385. The van der Waals surface area contributed by atoms with Crippen molar-refractivity contribution in [2.75, 3.05) is 0 Å². The number of nitrogens with zero attached hydrogens (tertiary/aromatic N) is 1. The van der Waals surface area contributed by atoms with Crippen molar-refractivity contribution in [3.8, 4) is 5.75 Å².